The van der Waals surface area contributed by atoms with Crippen LogP contribution in [0.2, 0.25) is 5.02 Å². The fourth-order valence-electron chi connectivity index (χ4n) is 1.33. The van der Waals surface area contributed by atoms with Crippen molar-refractivity contribution in [2.24, 2.45) is 5.73 Å². The maximum absolute atomic E-state index is 5.78. The molecule has 2 rings (SSSR count). The first-order valence-corrected chi connectivity index (χ1v) is 5.38. The Morgan fingerprint density at radius 3 is 1.88 bits per heavy atom. The molecule has 0 saturated heterocycles. The molecule has 0 amide bonds. The van der Waals surface area contributed by atoms with Crippen molar-refractivity contribution < 1.29 is 4.74 Å². The highest BCUT2D eigenvalue weighted by Crippen LogP contribution is 2.23. The van der Waals surface area contributed by atoms with E-state index in [1.54, 1.807) is 12.1 Å². The number of benzene rings is 2. The molecule has 0 saturated carbocycles. The van der Waals surface area contributed by atoms with Crippen molar-refractivity contribution in [1.82, 2.24) is 0 Å². The Bertz CT molecular complexity index is 450. The third-order valence-electron chi connectivity index (χ3n) is 2.21. The molecule has 3 heteroatoms. The van der Waals surface area contributed by atoms with Crippen LogP contribution in [0.25, 0.3) is 0 Å². The summed E-state index contributed by atoms with van der Waals surface area (Å²) in [6.07, 6.45) is 0. The molecule has 0 aliphatic heterocycles. The summed E-state index contributed by atoms with van der Waals surface area (Å²) in [5.74, 6) is 1.56. The molecule has 0 unspecified atom stereocenters. The summed E-state index contributed by atoms with van der Waals surface area (Å²) in [5.41, 5.74) is 6.60. The van der Waals surface area contributed by atoms with E-state index in [4.69, 9.17) is 22.1 Å². The van der Waals surface area contributed by atoms with Crippen LogP contribution in [0, 0.1) is 0 Å². The molecule has 0 aromatic heterocycles. The fourth-order valence-corrected chi connectivity index (χ4v) is 1.46. The molecule has 0 spiro atoms. The molecule has 0 fully saturated rings. The molecule has 16 heavy (non-hydrogen) atoms. The van der Waals surface area contributed by atoms with Crippen LogP contribution in [0.15, 0.2) is 48.5 Å². The monoisotopic (exact) mass is 233 g/mol. The van der Waals surface area contributed by atoms with E-state index in [2.05, 4.69) is 0 Å². The highest BCUT2D eigenvalue weighted by Gasteiger charge is 1.97. The first-order valence-electron chi connectivity index (χ1n) is 5.00. The maximum atomic E-state index is 5.78. The summed E-state index contributed by atoms with van der Waals surface area (Å²) >= 11 is 5.78. The van der Waals surface area contributed by atoms with E-state index in [1.165, 1.54) is 0 Å². The van der Waals surface area contributed by atoms with Crippen molar-refractivity contribution in [3.05, 3.63) is 59.1 Å². The van der Waals surface area contributed by atoms with E-state index >= 15 is 0 Å². The minimum atomic E-state index is 0.543. The zero-order valence-electron chi connectivity index (χ0n) is 8.69. The molecule has 0 bridgehead atoms. The predicted octanol–water partition coefficient (Wildman–Crippen LogP) is 3.59. The molecule has 2 N–H and O–H groups in total. The second-order valence-corrected chi connectivity index (χ2v) is 3.84. The van der Waals surface area contributed by atoms with Crippen molar-refractivity contribution >= 4 is 11.6 Å². The molecule has 0 radical (unpaired) electrons. The average molecular weight is 234 g/mol. The minimum Gasteiger partial charge on any atom is -0.457 e. The SMILES string of the molecule is NCc1ccc(Oc2ccc(Cl)cc2)cc1. The second-order valence-electron chi connectivity index (χ2n) is 3.40. The van der Waals surface area contributed by atoms with Crippen LogP contribution in [-0.2, 0) is 6.54 Å². The quantitative estimate of drug-likeness (QED) is 0.879. The van der Waals surface area contributed by atoms with Gasteiger partial charge in [0.05, 0.1) is 0 Å². The van der Waals surface area contributed by atoms with Gasteiger partial charge < -0.3 is 10.5 Å². The van der Waals surface area contributed by atoms with Gasteiger partial charge in [0.1, 0.15) is 11.5 Å². The Morgan fingerprint density at radius 2 is 1.38 bits per heavy atom. The fraction of sp³-hybridized carbons (Fsp3) is 0.0769. The lowest BCUT2D eigenvalue weighted by Gasteiger charge is -2.06. The number of hydrogen-bond donors (Lipinski definition) is 1. The number of nitrogens with two attached hydrogens (primary N) is 1. The maximum Gasteiger partial charge on any atom is 0.127 e. The van der Waals surface area contributed by atoms with E-state index < -0.39 is 0 Å². The topological polar surface area (TPSA) is 35.2 Å². The normalized spacial score (nSPS) is 10.1. The van der Waals surface area contributed by atoms with Gasteiger partial charge in [-0.05, 0) is 42.0 Å². The molecule has 0 atom stereocenters. The molecule has 0 aliphatic carbocycles. The van der Waals surface area contributed by atoms with Gasteiger partial charge in [0, 0.05) is 11.6 Å². The molecular weight excluding hydrogens is 222 g/mol. The van der Waals surface area contributed by atoms with Crippen LogP contribution < -0.4 is 10.5 Å². The first-order chi connectivity index (χ1) is 7.78. The second kappa shape index (κ2) is 5.01. The third-order valence-corrected chi connectivity index (χ3v) is 2.46. The highest BCUT2D eigenvalue weighted by molar-refractivity contribution is 6.30. The van der Waals surface area contributed by atoms with Gasteiger partial charge in [0.25, 0.3) is 0 Å². The average Bonchev–Trinajstić information content (AvgIpc) is 2.33. The first kappa shape index (κ1) is 11.0. The summed E-state index contributed by atoms with van der Waals surface area (Å²) in [6.45, 7) is 0.543. The van der Waals surface area contributed by atoms with E-state index in [-0.39, 0.29) is 0 Å². The van der Waals surface area contributed by atoms with Crippen LogP contribution in [-0.4, -0.2) is 0 Å². The Labute approximate surface area is 99.6 Å². The largest absolute Gasteiger partial charge is 0.457 e. The summed E-state index contributed by atoms with van der Waals surface area (Å²) in [5, 5.41) is 0.700. The van der Waals surface area contributed by atoms with Crippen molar-refractivity contribution in [1.29, 1.82) is 0 Å². The van der Waals surface area contributed by atoms with Crippen molar-refractivity contribution in [3.63, 3.8) is 0 Å². The lowest BCUT2D eigenvalue weighted by molar-refractivity contribution is 0.482. The third kappa shape index (κ3) is 2.75. The van der Waals surface area contributed by atoms with Gasteiger partial charge in [-0.3, -0.25) is 0 Å². The molecule has 0 heterocycles. The Hall–Kier alpha value is -1.51. The van der Waals surface area contributed by atoms with Gasteiger partial charge in [-0.2, -0.15) is 0 Å². The zero-order chi connectivity index (χ0) is 11.4. The van der Waals surface area contributed by atoms with Gasteiger partial charge in [-0.1, -0.05) is 23.7 Å². The van der Waals surface area contributed by atoms with Crippen LogP contribution in [0.3, 0.4) is 0 Å². The Balaban J connectivity index is 2.11. The zero-order valence-corrected chi connectivity index (χ0v) is 9.45. The van der Waals surface area contributed by atoms with Crippen LogP contribution in [0.5, 0.6) is 11.5 Å². The predicted molar refractivity (Wildman–Crippen MR) is 65.9 cm³/mol. The molecule has 82 valence electrons. The smallest absolute Gasteiger partial charge is 0.127 e. The molecule has 2 nitrogen and oxygen atoms in total. The molecule has 0 aliphatic rings. The summed E-state index contributed by atoms with van der Waals surface area (Å²) < 4.78 is 5.63. The Kier molecular flexibility index (Phi) is 3.44. The lowest BCUT2D eigenvalue weighted by atomic mass is 10.2. The van der Waals surface area contributed by atoms with Crippen molar-refractivity contribution in [2.75, 3.05) is 0 Å². The highest BCUT2D eigenvalue weighted by atomic mass is 35.5. The number of rotatable bonds is 3. The van der Waals surface area contributed by atoms with Crippen LogP contribution in [0.4, 0.5) is 0 Å². The van der Waals surface area contributed by atoms with Gasteiger partial charge >= 0.3 is 0 Å². The summed E-state index contributed by atoms with van der Waals surface area (Å²) in [7, 11) is 0. The van der Waals surface area contributed by atoms with Crippen LogP contribution in [0.1, 0.15) is 5.56 Å². The van der Waals surface area contributed by atoms with E-state index in [0.29, 0.717) is 11.6 Å². The standard InChI is InChI=1S/C13H12ClNO/c14-11-3-7-13(8-4-11)16-12-5-1-10(9-15)2-6-12/h1-8H,9,15H2. The summed E-state index contributed by atoms with van der Waals surface area (Å²) in [6, 6.07) is 15.0. The lowest BCUT2D eigenvalue weighted by Crippen LogP contribution is -1.95. The minimum absolute atomic E-state index is 0.543. The van der Waals surface area contributed by atoms with Crippen LogP contribution >= 0.6 is 11.6 Å². The van der Waals surface area contributed by atoms with Gasteiger partial charge in [0.15, 0.2) is 0 Å². The summed E-state index contributed by atoms with van der Waals surface area (Å²) in [4.78, 5) is 0. The molecule has 2 aromatic rings. The van der Waals surface area contributed by atoms with E-state index in [0.717, 1.165) is 17.1 Å². The Morgan fingerprint density at radius 1 is 0.875 bits per heavy atom. The molecular formula is C13H12ClNO. The van der Waals surface area contributed by atoms with E-state index in [9.17, 15) is 0 Å². The van der Waals surface area contributed by atoms with Gasteiger partial charge in [-0.25, -0.2) is 0 Å². The van der Waals surface area contributed by atoms with Gasteiger partial charge in [0.2, 0.25) is 0 Å². The molecule has 2 aromatic carbocycles. The van der Waals surface area contributed by atoms with Crippen molar-refractivity contribution in [2.45, 2.75) is 6.54 Å². The number of hydrogen-bond acceptors (Lipinski definition) is 2. The number of ether oxygens (including phenoxy) is 1. The van der Waals surface area contributed by atoms with Gasteiger partial charge in [-0.15, -0.1) is 0 Å². The van der Waals surface area contributed by atoms with E-state index in [1.807, 2.05) is 36.4 Å². The van der Waals surface area contributed by atoms with Crippen molar-refractivity contribution in [3.8, 4) is 11.5 Å². The number of halogens is 1.